The van der Waals surface area contributed by atoms with Gasteiger partial charge in [-0.25, -0.2) is 4.79 Å². The number of hydrogen-bond donors (Lipinski definition) is 0. The number of rotatable bonds is 4. The van der Waals surface area contributed by atoms with E-state index in [2.05, 4.69) is 18.8 Å². The van der Waals surface area contributed by atoms with E-state index in [4.69, 9.17) is 9.47 Å². The van der Waals surface area contributed by atoms with Crippen molar-refractivity contribution >= 4 is 6.09 Å². The summed E-state index contributed by atoms with van der Waals surface area (Å²) in [6, 6.07) is 3.74. The zero-order chi connectivity index (χ0) is 13.1. The number of carbonyl (C=O) groups is 1. The van der Waals surface area contributed by atoms with Crippen LogP contribution in [0.5, 0.6) is 5.75 Å². The fourth-order valence-corrected chi connectivity index (χ4v) is 2.04. The van der Waals surface area contributed by atoms with Crippen LogP contribution in [0.4, 0.5) is 4.79 Å². The molecule has 0 spiro atoms. The number of aromatic nitrogens is 1. The number of pyridine rings is 1. The maximum atomic E-state index is 11.7. The molecule has 98 valence electrons. The first-order valence-electron chi connectivity index (χ1n) is 6.04. The summed E-state index contributed by atoms with van der Waals surface area (Å²) in [6.45, 7) is 5.08. The molecule has 0 saturated carbocycles. The number of methoxy groups -OCH3 is 1. The monoisotopic (exact) mass is 250 g/mol. The van der Waals surface area contributed by atoms with E-state index in [-0.39, 0.29) is 12.1 Å². The van der Waals surface area contributed by atoms with Crippen LogP contribution >= 0.6 is 0 Å². The van der Waals surface area contributed by atoms with Gasteiger partial charge in [0.2, 0.25) is 0 Å². The van der Waals surface area contributed by atoms with E-state index in [1.54, 1.807) is 24.3 Å². The van der Waals surface area contributed by atoms with Crippen molar-refractivity contribution in [3.63, 3.8) is 0 Å². The normalized spacial score (nSPS) is 19.2. The number of cyclic esters (lactones) is 1. The van der Waals surface area contributed by atoms with Crippen LogP contribution in [0.2, 0.25) is 0 Å². The Kier molecular flexibility index (Phi) is 3.69. The molecule has 18 heavy (non-hydrogen) atoms. The minimum absolute atomic E-state index is 0.116. The number of nitrogens with zero attached hydrogens (tertiary/aromatic N) is 2. The molecule has 0 aliphatic carbocycles. The van der Waals surface area contributed by atoms with Crippen molar-refractivity contribution in [1.29, 1.82) is 0 Å². The molecule has 0 unspecified atom stereocenters. The van der Waals surface area contributed by atoms with Gasteiger partial charge < -0.3 is 9.47 Å². The topological polar surface area (TPSA) is 51.7 Å². The van der Waals surface area contributed by atoms with Gasteiger partial charge in [0, 0.05) is 12.3 Å². The highest BCUT2D eigenvalue weighted by atomic mass is 16.6. The SMILES string of the molecule is COc1ccnc(CN2C(=O)OC[C@@H]2C(C)C)c1. The molecule has 1 atom stereocenters. The predicted molar refractivity (Wildman–Crippen MR) is 66.3 cm³/mol. The second-order valence-corrected chi connectivity index (χ2v) is 4.70. The van der Waals surface area contributed by atoms with Gasteiger partial charge in [0.25, 0.3) is 0 Å². The van der Waals surface area contributed by atoms with Gasteiger partial charge in [0.15, 0.2) is 0 Å². The second kappa shape index (κ2) is 5.25. The third-order valence-corrected chi connectivity index (χ3v) is 3.14. The third-order valence-electron chi connectivity index (χ3n) is 3.14. The number of amides is 1. The molecule has 1 amide bonds. The van der Waals surface area contributed by atoms with E-state index in [0.29, 0.717) is 19.1 Å². The molecular formula is C13H18N2O3. The summed E-state index contributed by atoms with van der Waals surface area (Å²) in [6.07, 6.45) is 1.42. The lowest BCUT2D eigenvalue weighted by Crippen LogP contribution is -2.36. The standard InChI is InChI=1S/C13H18N2O3/c1-9(2)12-8-18-13(16)15(12)7-10-6-11(17-3)4-5-14-10/h4-6,9,12H,7-8H2,1-3H3/t12-/m1/s1. The van der Waals surface area contributed by atoms with Crippen molar-refractivity contribution in [2.24, 2.45) is 5.92 Å². The van der Waals surface area contributed by atoms with Crippen LogP contribution in [0, 0.1) is 5.92 Å². The summed E-state index contributed by atoms with van der Waals surface area (Å²) in [4.78, 5) is 17.7. The molecule has 2 rings (SSSR count). The van der Waals surface area contributed by atoms with Crippen LogP contribution in [0.15, 0.2) is 18.3 Å². The number of hydrogen-bond acceptors (Lipinski definition) is 4. The Morgan fingerprint density at radius 1 is 1.61 bits per heavy atom. The molecule has 0 N–H and O–H groups in total. The smallest absolute Gasteiger partial charge is 0.410 e. The molecule has 1 aromatic rings. The minimum Gasteiger partial charge on any atom is -0.497 e. The van der Waals surface area contributed by atoms with E-state index >= 15 is 0 Å². The molecule has 1 aliphatic rings. The van der Waals surface area contributed by atoms with E-state index in [1.165, 1.54) is 0 Å². The van der Waals surface area contributed by atoms with Crippen LogP contribution in [0.1, 0.15) is 19.5 Å². The first kappa shape index (κ1) is 12.7. The Labute approximate surface area is 107 Å². The maximum Gasteiger partial charge on any atom is 0.410 e. The van der Waals surface area contributed by atoms with Gasteiger partial charge in [-0.05, 0) is 12.0 Å². The molecule has 5 heteroatoms. The molecule has 5 nitrogen and oxygen atoms in total. The quantitative estimate of drug-likeness (QED) is 0.820. The average molecular weight is 250 g/mol. The lowest BCUT2D eigenvalue weighted by atomic mass is 10.0. The first-order valence-corrected chi connectivity index (χ1v) is 6.04. The molecule has 1 saturated heterocycles. The molecule has 1 aliphatic heterocycles. The minimum atomic E-state index is -0.265. The van der Waals surface area contributed by atoms with Crippen LogP contribution in [0.3, 0.4) is 0 Å². The Bertz CT molecular complexity index is 434. The zero-order valence-electron chi connectivity index (χ0n) is 10.9. The highest BCUT2D eigenvalue weighted by molar-refractivity contribution is 5.70. The summed E-state index contributed by atoms with van der Waals surface area (Å²) < 4.78 is 10.2. The third kappa shape index (κ3) is 2.55. The lowest BCUT2D eigenvalue weighted by molar-refractivity contribution is 0.154. The maximum absolute atomic E-state index is 11.7. The van der Waals surface area contributed by atoms with Crippen LogP contribution in [-0.4, -0.2) is 35.7 Å². The van der Waals surface area contributed by atoms with Gasteiger partial charge in [0.1, 0.15) is 12.4 Å². The van der Waals surface area contributed by atoms with Crippen LogP contribution < -0.4 is 4.74 Å². The van der Waals surface area contributed by atoms with Gasteiger partial charge in [-0.1, -0.05) is 13.8 Å². The first-order chi connectivity index (χ1) is 8.61. The van der Waals surface area contributed by atoms with Gasteiger partial charge in [0.05, 0.1) is 25.4 Å². The average Bonchev–Trinajstić information content (AvgIpc) is 2.71. The van der Waals surface area contributed by atoms with Crippen LogP contribution in [0.25, 0.3) is 0 Å². The summed E-state index contributed by atoms with van der Waals surface area (Å²) in [7, 11) is 1.61. The van der Waals surface area contributed by atoms with Crippen molar-refractivity contribution in [3.8, 4) is 5.75 Å². The Balaban J connectivity index is 2.13. The fourth-order valence-electron chi connectivity index (χ4n) is 2.04. The van der Waals surface area contributed by atoms with E-state index in [1.807, 2.05) is 6.07 Å². The van der Waals surface area contributed by atoms with Gasteiger partial charge in [-0.15, -0.1) is 0 Å². The molecular weight excluding hydrogens is 232 g/mol. The van der Waals surface area contributed by atoms with Gasteiger partial charge in [-0.3, -0.25) is 9.88 Å². The molecule has 1 fully saturated rings. The summed E-state index contributed by atoms with van der Waals surface area (Å²) in [5.41, 5.74) is 0.804. The highest BCUT2D eigenvalue weighted by Crippen LogP contribution is 2.22. The number of carbonyl (C=O) groups excluding carboxylic acids is 1. The predicted octanol–water partition coefficient (Wildman–Crippen LogP) is 2.07. The van der Waals surface area contributed by atoms with Gasteiger partial charge in [-0.2, -0.15) is 0 Å². The molecule has 0 aromatic carbocycles. The molecule has 0 bridgehead atoms. The van der Waals surface area contributed by atoms with E-state index in [9.17, 15) is 4.79 Å². The summed E-state index contributed by atoms with van der Waals surface area (Å²) >= 11 is 0. The van der Waals surface area contributed by atoms with Crippen molar-refractivity contribution < 1.29 is 14.3 Å². The van der Waals surface area contributed by atoms with E-state index < -0.39 is 0 Å². The van der Waals surface area contributed by atoms with Crippen molar-refractivity contribution in [3.05, 3.63) is 24.0 Å². The Hall–Kier alpha value is -1.78. The molecule has 0 radical (unpaired) electrons. The Morgan fingerprint density at radius 3 is 3.06 bits per heavy atom. The molecule has 1 aromatic heterocycles. The lowest BCUT2D eigenvalue weighted by Gasteiger charge is -2.23. The fraction of sp³-hybridized carbons (Fsp3) is 0.538. The van der Waals surface area contributed by atoms with Crippen molar-refractivity contribution in [2.75, 3.05) is 13.7 Å². The number of ether oxygens (including phenoxy) is 2. The van der Waals surface area contributed by atoms with E-state index in [0.717, 1.165) is 11.4 Å². The molecule has 2 heterocycles. The zero-order valence-corrected chi connectivity index (χ0v) is 10.9. The second-order valence-electron chi connectivity index (χ2n) is 4.70. The summed E-state index contributed by atoms with van der Waals surface area (Å²) in [5.74, 6) is 1.11. The van der Waals surface area contributed by atoms with Crippen molar-refractivity contribution in [2.45, 2.75) is 26.4 Å². The Morgan fingerprint density at radius 2 is 2.39 bits per heavy atom. The van der Waals surface area contributed by atoms with Gasteiger partial charge >= 0.3 is 6.09 Å². The highest BCUT2D eigenvalue weighted by Gasteiger charge is 2.35. The summed E-state index contributed by atoms with van der Waals surface area (Å²) in [5, 5.41) is 0. The van der Waals surface area contributed by atoms with Crippen molar-refractivity contribution in [1.82, 2.24) is 9.88 Å². The van der Waals surface area contributed by atoms with Crippen LogP contribution in [-0.2, 0) is 11.3 Å². The largest absolute Gasteiger partial charge is 0.497 e.